The van der Waals surface area contributed by atoms with E-state index < -0.39 is 0 Å². The third-order valence-electron chi connectivity index (χ3n) is 5.13. The molecule has 30 heavy (non-hydrogen) atoms. The maximum Gasteiger partial charge on any atom is 0.244 e. The van der Waals surface area contributed by atoms with Crippen molar-refractivity contribution in [1.29, 1.82) is 0 Å². The summed E-state index contributed by atoms with van der Waals surface area (Å²) in [5.41, 5.74) is 3.13. The summed E-state index contributed by atoms with van der Waals surface area (Å²) in [6, 6.07) is 15.9. The Labute approximate surface area is 181 Å². The highest BCUT2D eigenvalue weighted by molar-refractivity contribution is 6.30. The van der Waals surface area contributed by atoms with Crippen LogP contribution in [0.1, 0.15) is 11.1 Å². The number of carbonyl (C=O) groups excluding carboxylic acids is 1. The topological polar surface area (TPSA) is 50.8 Å². The third kappa shape index (κ3) is 5.72. The number of amides is 1. The molecule has 0 aliphatic carbocycles. The molecule has 2 aliphatic heterocycles. The molecule has 5 nitrogen and oxygen atoms in total. The molecule has 1 fully saturated rings. The summed E-state index contributed by atoms with van der Waals surface area (Å²) in [4.78, 5) is 14.6. The van der Waals surface area contributed by atoms with Crippen LogP contribution in [0.3, 0.4) is 0 Å². The SMILES string of the molecule is O=C(/C=C/C1=Cc2cc(Cl)ccc2OC1)NCC1CN(Cc2ccccc2)CCO1. The summed E-state index contributed by atoms with van der Waals surface area (Å²) >= 11 is 6.04. The molecule has 6 heteroatoms. The summed E-state index contributed by atoms with van der Waals surface area (Å²) < 4.78 is 11.5. The highest BCUT2D eigenvalue weighted by Gasteiger charge is 2.20. The molecule has 0 aromatic heterocycles. The quantitative estimate of drug-likeness (QED) is 0.718. The number of hydrogen-bond acceptors (Lipinski definition) is 4. The minimum Gasteiger partial charge on any atom is -0.488 e. The lowest BCUT2D eigenvalue weighted by Crippen LogP contribution is -2.46. The minimum atomic E-state index is -0.142. The Morgan fingerprint density at radius 2 is 2.10 bits per heavy atom. The first-order valence-corrected chi connectivity index (χ1v) is 10.5. The van der Waals surface area contributed by atoms with Crippen molar-refractivity contribution < 1.29 is 14.3 Å². The van der Waals surface area contributed by atoms with Gasteiger partial charge in [0, 0.05) is 42.8 Å². The number of halogens is 1. The lowest BCUT2D eigenvalue weighted by atomic mass is 10.1. The second-order valence-corrected chi connectivity index (χ2v) is 7.92. The number of morpholine rings is 1. The highest BCUT2D eigenvalue weighted by atomic mass is 35.5. The average Bonchev–Trinajstić information content (AvgIpc) is 2.77. The lowest BCUT2D eigenvalue weighted by molar-refractivity contribution is -0.117. The fourth-order valence-electron chi connectivity index (χ4n) is 3.61. The van der Waals surface area contributed by atoms with Crippen LogP contribution in [0.25, 0.3) is 6.08 Å². The van der Waals surface area contributed by atoms with Gasteiger partial charge in [0.2, 0.25) is 5.91 Å². The molecule has 2 aliphatic rings. The monoisotopic (exact) mass is 424 g/mol. The highest BCUT2D eigenvalue weighted by Crippen LogP contribution is 2.29. The average molecular weight is 425 g/mol. The lowest BCUT2D eigenvalue weighted by Gasteiger charge is -2.33. The van der Waals surface area contributed by atoms with E-state index in [0.717, 1.165) is 36.5 Å². The van der Waals surface area contributed by atoms with Crippen LogP contribution in [0.15, 0.2) is 66.3 Å². The maximum absolute atomic E-state index is 12.2. The van der Waals surface area contributed by atoms with Crippen molar-refractivity contribution in [2.75, 3.05) is 32.8 Å². The Morgan fingerprint density at radius 3 is 2.97 bits per heavy atom. The fourth-order valence-corrected chi connectivity index (χ4v) is 3.79. The molecule has 1 saturated heterocycles. The van der Waals surface area contributed by atoms with Crippen molar-refractivity contribution in [1.82, 2.24) is 10.2 Å². The Morgan fingerprint density at radius 1 is 1.23 bits per heavy atom. The number of benzene rings is 2. The van der Waals surface area contributed by atoms with E-state index in [2.05, 4.69) is 34.5 Å². The Balaban J connectivity index is 1.25. The van der Waals surface area contributed by atoms with E-state index in [1.165, 1.54) is 11.6 Å². The van der Waals surface area contributed by atoms with Gasteiger partial charge in [0.25, 0.3) is 0 Å². The van der Waals surface area contributed by atoms with Crippen LogP contribution < -0.4 is 10.1 Å². The van der Waals surface area contributed by atoms with E-state index in [-0.39, 0.29) is 12.0 Å². The van der Waals surface area contributed by atoms with Gasteiger partial charge in [0.05, 0.1) is 12.7 Å². The number of rotatable bonds is 6. The number of nitrogens with zero attached hydrogens (tertiary/aromatic N) is 1. The summed E-state index contributed by atoms with van der Waals surface area (Å²) in [6.07, 6.45) is 5.30. The Hall–Kier alpha value is -2.60. The van der Waals surface area contributed by atoms with E-state index in [1.54, 1.807) is 12.1 Å². The van der Waals surface area contributed by atoms with Gasteiger partial charge >= 0.3 is 0 Å². The molecule has 0 spiro atoms. The largest absolute Gasteiger partial charge is 0.488 e. The van der Waals surface area contributed by atoms with E-state index in [4.69, 9.17) is 21.1 Å². The number of nitrogens with one attached hydrogen (secondary N) is 1. The normalized spacial score (nSPS) is 19.1. The molecule has 2 aromatic rings. The molecular formula is C24H25ClN2O3. The van der Waals surface area contributed by atoms with Crippen LogP contribution in [0.5, 0.6) is 5.75 Å². The predicted octanol–water partition coefficient (Wildman–Crippen LogP) is 3.69. The van der Waals surface area contributed by atoms with Crippen molar-refractivity contribution in [3.05, 3.63) is 82.4 Å². The molecule has 1 amide bonds. The second-order valence-electron chi connectivity index (χ2n) is 7.48. The molecular weight excluding hydrogens is 400 g/mol. The van der Waals surface area contributed by atoms with Crippen LogP contribution in [0.2, 0.25) is 5.02 Å². The van der Waals surface area contributed by atoms with E-state index in [0.29, 0.717) is 24.8 Å². The van der Waals surface area contributed by atoms with Crippen molar-refractivity contribution in [2.45, 2.75) is 12.6 Å². The molecule has 0 bridgehead atoms. The predicted molar refractivity (Wildman–Crippen MR) is 119 cm³/mol. The van der Waals surface area contributed by atoms with Gasteiger partial charge in [-0.15, -0.1) is 0 Å². The van der Waals surface area contributed by atoms with Gasteiger partial charge in [-0.05, 0) is 35.4 Å². The van der Waals surface area contributed by atoms with Gasteiger partial charge in [0.15, 0.2) is 0 Å². The smallest absolute Gasteiger partial charge is 0.244 e. The van der Waals surface area contributed by atoms with Gasteiger partial charge in [-0.1, -0.05) is 48.0 Å². The second kappa shape index (κ2) is 9.94. The zero-order valence-electron chi connectivity index (χ0n) is 16.7. The van der Waals surface area contributed by atoms with Crippen LogP contribution in [-0.4, -0.2) is 49.8 Å². The third-order valence-corrected chi connectivity index (χ3v) is 5.37. The van der Waals surface area contributed by atoms with Crippen LogP contribution in [0.4, 0.5) is 0 Å². The summed E-state index contributed by atoms with van der Waals surface area (Å²) in [5, 5.41) is 3.60. The molecule has 156 valence electrons. The first-order valence-electron chi connectivity index (χ1n) is 10.1. The zero-order valence-corrected chi connectivity index (χ0v) is 17.5. The van der Waals surface area contributed by atoms with E-state index in [1.807, 2.05) is 24.3 Å². The van der Waals surface area contributed by atoms with Crippen LogP contribution >= 0.6 is 11.6 Å². The van der Waals surface area contributed by atoms with Gasteiger partial charge in [-0.2, -0.15) is 0 Å². The van der Waals surface area contributed by atoms with Crippen LogP contribution in [0, 0.1) is 0 Å². The summed E-state index contributed by atoms with van der Waals surface area (Å²) in [5.74, 6) is 0.659. The molecule has 0 saturated carbocycles. The molecule has 4 rings (SSSR count). The number of ether oxygens (including phenoxy) is 2. The van der Waals surface area contributed by atoms with Crippen molar-refractivity contribution in [3.63, 3.8) is 0 Å². The van der Waals surface area contributed by atoms with Crippen molar-refractivity contribution in [3.8, 4) is 5.75 Å². The van der Waals surface area contributed by atoms with E-state index >= 15 is 0 Å². The number of carbonyl (C=O) groups is 1. The first-order chi connectivity index (χ1) is 14.7. The molecule has 1 atom stereocenters. The Bertz CT molecular complexity index is 943. The van der Waals surface area contributed by atoms with Gasteiger partial charge in [0.1, 0.15) is 12.4 Å². The number of fused-ring (bicyclic) bond motifs is 1. The molecule has 1 N–H and O–H groups in total. The van der Waals surface area contributed by atoms with Crippen molar-refractivity contribution in [2.24, 2.45) is 0 Å². The minimum absolute atomic E-state index is 0.00828. The zero-order chi connectivity index (χ0) is 20.8. The van der Waals surface area contributed by atoms with Crippen LogP contribution in [-0.2, 0) is 16.1 Å². The molecule has 1 unspecified atom stereocenters. The molecule has 2 aromatic carbocycles. The molecule has 0 radical (unpaired) electrons. The summed E-state index contributed by atoms with van der Waals surface area (Å²) in [6.45, 7) is 4.19. The summed E-state index contributed by atoms with van der Waals surface area (Å²) in [7, 11) is 0. The van der Waals surface area contributed by atoms with Gasteiger partial charge in [-0.25, -0.2) is 0 Å². The number of hydrogen-bond donors (Lipinski definition) is 1. The van der Waals surface area contributed by atoms with E-state index in [9.17, 15) is 4.79 Å². The van der Waals surface area contributed by atoms with Gasteiger partial charge in [-0.3, -0.25) is 9.69 Å². The van der Waals surface area contributed by atoms with Crippen molar-refractivity contribution >= 4 is 23.6 Å². The molecule has 2 heterocycles. The standard InChI is InChI=1S/C24H25ClN2O3/c25-21-7-8-23-20(13-21)12-19(17-30-23)6-9-24(28)26-14-22-16-27(10-11-29-22)15-18-4-2-1-3-5-18/h1-9,12-13,22H,10-11,14-17H2,(H,26,28)/b9-6+. The fraction of sp³-hybridized carbons (Fsp3) is 0.292. The Kier molecular flexibility index (Phi) is 6.84. The van der Waals surface area contributed by atoms with Gasteiger partial charge < -0.3 is 14.8 Å². The maximum atomic E-state index is 12.2. The first kappa shape index (κ1) is 20.7.